The second-order valence-corrected chi connectivity index (χ2v) is 11.9. The summed E-state index contributed by atoms with van der Waals surface area (Å²) in [6, 6.07) is 9.72. The summed E-state index contributed by atoms with van der Waals surface area (Å²) in [6.07, 6.45) is -3.92. The molecule has 2 N–H and O–H groups in total. The quantitative estimate of drug-likeness (QED) is 0.239. The number of piperidine rings is 1. The molecule has 1 unspecified atom stereocenters. The molecule has 4 heterocycles. The van der Waals surface area contributed by atoms with Crippen molar-refractivity contribution in [2.75, 3.05) is 24.5 Å². The van der Waals surface area contributed by atoms with Crippen LogP contribution < -0.4 is 15.0 Å². The van der Waals surface area contributed by atoms with Crippen molar-refractivity contribution in [3.05, 3.63) is 83.4 Å². The van der Waals surface area contributed by atoms with Crippen molar-refractivity contribution in [3.63, 3.8) is 0 Å². The van der Waals surface area contributed by atoms with Crippen LogP contribution in [0, 0.1) is 30.9 Å². The average molecular weight is 643 g/mol. The Morgan fingerprint density at radius 1 is 1.02 bits per heavy atom. The van der Waals surface area contributed by atoms with Gasteiger partial charge >= 0.3 is 12.1 Å². The molecule has 9 nitrogen and oxygen atoms in total. The number of hydrogen-bond donors (Lipinski definition) is 2. The van der Waals surface area contributed by atoms with Crippen LogP contribution in [0.4, 0.5) is 27.8 Å². The predicted molar refractivity (Wildman–Crippen MR) is 158 cm³/mol. The highest BCUT2D eigenvalue weighted by atomic mass is 19.4. The monoisotopic (exact) mass is 642 g/mol. The molecule has 46 heavy (non-hydrogen) atoms. The van der Waals surface area contributed by atoms with E-state index < -0.39 is 35.9 Å². The number of nitrogens with one attached hydrogen (secondary N) is 1. The first kappa shape index (κ1) is 31.4. The summed E-state index contributed by atoms with van der Waals surface area (Å²) in [5.74, 6) is -2.64. The molecule has 242 valence electrons. The molecular weight excluding hydrogens is 611 g/mol. The van der Waals surface area contributed by atoms with Gasteiger partial charge in [-0.1, -0.05) is 18.2 Å². The topological polar surface area (TPSA) is 105 Å². The Labute approximate surface area is 261 Å². The number of rotatable bonds is 7. The van der Waals surface area contributed by atoms with Crippen LogP contribution >= 0.6 is 0 Å². The fraction of sp³-hybridized carbons (Fsp3) is 0.375. The van der Waals surface area contributed by atoms with Crippen LogP contribution in [0.15, 0.2) is 54.7 Å². The van der Waals surface area contributed by atoms with Gasteiger partial charge in [0.05, 0.1) is 11.4 Å². The van der Waals surface area contributed by atoms with Crippen molar-refractivity contribution in [3.8, 4) is 22.7 Å². The van der Waals surface area contributed by atoms with Gasteiger partial charge in [0.1, 0.15) is 17.7 Å². The molecule has 2 aliphatic heterocycles. The summed E-state index contributed by atoms with van der Waals surface area (Å²) in [5, 5.41) is 16.8. The Kier molecular flexibility index (Phi) is 8.17. The van der Waals surface area contributed by atoms with E-state index in [2.05, 4.69) is 20.4 Å². The lowest BCUT2D eigenvalue weighted by Gasteiger charge is -2.39. The summed E-state index contributed by atoms with van der Waals surface area (Å²) >= 11 is 0. The molecule has 0 saturated carbocycles. The standard InChI is InChI=1S/C32H31F5N6O3/c1-18-7-10-43(41-18)26-14-21(20-4-6-23(33)24(34)13-20)3-5-22(26)29(32(35,36)37)46-28-15-27(39-19(2)40-28)42-11-8-31(9-12-42)16-25(30(44)45)38-17-31/h3-7,10,13-15,25,29,38H,8-9,11-12,16-17H2,1-2H3,(H,44,45)/t25-,29?/m0/s1. The maximum atomic E-state index is 14.8. The highest BCUT2D eigenvalue weighted by molar-refractivity contribution is 5.74. The van der Waals surface area contributed by atoms with E-state index in [1.54, 1.807) is 19.9 Å². The number of alkyl halides is 3. The van der Waals surface area contributed by atoms with Crippen molar-refractivity contribution < 1.29 is 36.6 Å². The van der Waals surface area contributed by atoms with Gasteiger partial charge in [-0.3, -0.25) is 4.79 Å². The summed E-state index contributed by atoms with van der Waals surface area (Å²) < 4.78 is 78.9. The minimum absolute atomic E-state index is 0.0369. The van der Waals surface area contributed by atoms with E-state index in [1.807, 2.05) is 4.90 Å². The zero-order valence-electron chi connectivity index (χ0n) is 25.0. The first-order valence-electron chi connectivity index (χ1n) is 14.7. The van der Waals surface area contributed by atoms with Crippen molar-refractivity contribution >= 4 is 11.8 Å². The molecule has 0 bridgehead atoms. The number of carboxylic acids is 1. The molecule has 2 aromatic heterocycles. The molecule has 2 saturated heterocycles. The molecule has 2 atom stereocenters. The van der Waals surface area contributed by atoms with Crippen LogP contribution in [0.5, 0.6) is 5.88 Å². The Hall–Kier alpha value is -4.59. The van der Waals surface area contributed by atoms with Crippen LogP contribution in [0.25, 0.3) is 16.8 Å². The molecule has 0 aliphatic carbocycles. The molecule has 0 radical (unpaired) electrons. The molecule has 4 aromatic rings. The van der Waals surface area contributed by atoms with Crippen LogP contribution in [0.2, 0.25) is 0 Å². The number of benzene rings is 2. The number of hydrogen-bond acceptors (Lipinski definition) is 7. The van der Waals surface area contributed by atoms with Crippen molar-refractivity contribution in [2.24, 2.45) is 5.41 Å². The third-order valence-corrected chi connectivity index (χ3v) is 8.68. The third kappa shape index (κ3) is 6.39. The maximum absolute atomic E-state index is 14.8. The summed E-state index contributed by atoms with van der Waals surface area (Å²) in [4.78, 5) is 22.0. The lowest BCUT2D eigenvalue weighted by atomic mass is 9.76. The predicted octanol–water partition coefficient (Wildman–Crippen LogP) is 5.94. The summed E-state index contributed by atoms with van der Waals surface area (Å²) in [7, 11) is 0. The van der Waals surface area contributed by atoms with E-state index in [0.717, 1.165) is 12.1 Å². The Morgan fingerprint density at radius 2 is 1.74 bits per heavy atom. The lowest BCUT2D eigenvalue weighted by molar-refractivity contribution is -0.198. The highest BCUT2D eigenvalue weighted by Crippen LogP contribution is 2.42. The van der Waals surface area contributed by atoms with Gasteiger partial charge in [-0.05, 0) is 73.9 Å². The summed E-state index contributed by atoms with van der Waals surface area (Å²) in [5.41, 5.74) is 0.791. The number of carbonyl (C=O) groups is 1. The van der Waals surface area contributed by atoms with Crippen molar-refractivity contribution in [2.45, 2.75) is 51.4 Å². The van der Waals surface area contributed by atoms with Crippen molar-refractivity contribution in [1.29, 1.82) is 0 Å². The molecule has 2 aromatic carbocycles. The van der Waals surface area contributed by atoms with Gasteiger partial charge in [0.2, 0.25) is 12.0 Å². The van der Waals surface area contributed by atoms with Crippen molar-refractivity contribution in [1.82, 2.24) is 25.1 Å². The molecular formula is C32H31F5N6O3. The molecule has 2 aliphatic rings. The van der Waals surface area contributed by atoms with Crippen LogP contribution in [0.3, 0.4) is 0 Å². The number of anilines is 1. The third-order valence-electron chi connectivity index (χ3n) is 8.68. The van der Waals surface area contributed by atoms with Gasteiger partial charge in [-0.2, -0.15) is 23.3 Å². The number of ether oxygens (including phenoxy) is 1. The largest absolute Gasteiger partial charge is 0.480 e. The number of aliphatic carboxylic acids is 1. The Balaban J connectivity index is 1.31. The molecule has 2 fully saturated rings. The van der Waals surface area contributed by atoms with E-state index in [-0.39, 0.29) is 33.9 Å². The second kappa shape index (κ2) is 12.0. The van der Waals surface area contributed by atoms with E-state index in [1.165, 1.54) is 41.2 Å². The molecule has 0 amide bonds. The van der Waals surface area contributed by atoms with E-state index >= 15 is 0 Å². The first-order valence-corrected chi connectivity index (χ1v) is 14.7. The van der Waals surface area contributed by atoms with E-state index in [9.17, 15) is 31.9 Å². The Morgan fingerprint density at radius 3 is 2.37 bits per heavy atom. The number of carboxylic acid groups (broad SMARTS) is 1. The van der Waals surface area contributed by atoms with Crippen LogP contribution in [0.1, 0.15) is 42.4 Å². The lowest BCUT2D eigenvalue weighted by Crippen LogP contribution is -2.41. The summed E-state index contributed by atoms with van der Waals surface area (Å²) in [6.45, 7) is 4.93. The SMILES string of the molecule is Cc1ccn(-c2cc(-c3ccc(F)c(F)c3)ccc2C(Oc2cc(N3CCC4(CC3)CN[C@H](C(=O)O)C4)nc(C)n2)C(F)(F)F)n1. The van der Waals surface area contributed by atoms with Gasteiger partial charge < -0.3 is 20.1 Å². The first-order chi connectivity index (χ1) is 21.8. The fourth-order valence-electron chi connectivity index (χ4n) is 6.23. The number of aromatic nitrogens is 4. The second-order valence-electron chi connectivity index (χ2n) is 11.9. The van der Waals surface area contributed by atoms with Gasteiger partial charge in [-0.25, -0.2) is 18.4 Å². The van der Waals surface area contributed by atoms with Gasteiger partial charge in [0.25, 0.3) is 0 Å². The van der Waals surface area contributed by atoms with Gasteiger partial charge in [0.15, 0.2) is 11.6 Å². The minimum Gasteiger partial charge on any atom is -0.480 e. The van der Waals surface area contributed by atoms with E-state index in [0.29, 0.717) is 56.0 Å². The van der Waals surface area contributed by atoms with Gasteiger partial charge in [0, 0.05) is 37.5 Å². The van der Waals surface area contributed by atoms with Crippen LogP contribution in [-0.4, -0.2) is 62.7 Å². The number of aryl methyl sites for hydroxylation is 2. The molecule has 14 heteroatoms. The fourth-order valence-corrected chi connectivity index (χ4v) is 6.23. The van der Waals surface area contributed by atoms with E-state index in [4.69, 9.17) is 4.74 Å². The highest BCUT2D eigenvalue weighted by Gasteiger charge is 2.46. The van der Waals surface area contributed by atoms with Crippen LogP contribution in [-0.2, 0) is 4.79 Å². The minimum atomic E-state index is -4.88. The normalized spacial score (nSPS) is 18.6. The number of nitrogens with zero attached hydrogens (tertiary/aromatic N) is 5. The smallest absolute Gasteiger partial charge is 0.429 e. The molecule has 6 rings (SSSR count). The Bertz CT molecular complexity index is 1770. The zero-order valence-corrected chi connectivity index (χ0v) is 25.0. The number of halogens is 5. The maximum Gasteiger partial charge on any atom is 0.429 e. The average Bonchev–Trinajstić information content (AvgIpc) is 3.63. The van der Waals surface area contributed by atoms with Gasteiger partial charge in [-0.15, -0.1) is 0 Å². The molecule has 1 spiro atoms. The zero-order chi connectivity index (χ0) is 32.8.